The summed E-state index contributed by atoms with van der Waals surface area (Å²) in [6.07, 6.45) is 6.55. The monoisotopic (exact) mass is 344 g/mol. The molecule has 0 N–H and O–H groups in total. The van der Waals surface area contributed by atoms with E-state index < -0.39 is 0 Å². The van der Waals surface area contributed by atoms with Crippen molar-refractivity contribution < 1.29 is 0 Å². The van der Waals surface area contributed by atoms with Crippen LogP contribution in [0.25, 0.3) is 11.6 Å². The summed E-state index contributed by atoms with van der Waals surface area (Å²) >= 11 is 5.10. The van der Waals surface area contributed by atoms with Gasteiger partial charge in [0.15, 0.2) is 0 Å². The average Bonchev–Trinajstić information content (AvgIpc) is 2.90. The number of aryl methyl sites for hydroxylation is 2. The van der Waals surface area contributed by atoms with Gasteiger partial charge < -0.3 is 0 Å². The van der Waals surface area contributed by atoms with E-state index >= 15 is 0 Å². The van der Waals surface area contributed by atoms with E-state index in [0.717, 1.165) is 27.9 Å². The minimum Gasteiger partial charge on any atom is -0.240 e. The first-order valence-corrected chi connectivity index (χ1v) is 8.23. The van der Waals surface area contributed by atoms with Crippen LogP contribution in [0, 0.1) is 11.3 Å². The van der Waals surface area contributed by atoms with Crippen LogP contribution in [0.5, 0.6) is 0 Å². The highest BCUT2D eigenvalue weighted by Crippen LogP contribution is 2.31. The van der Waals surface area contributed by atoms with Gasteiger partial charge in [-0.3, -0.25) is 0 Å². The molecule has 0 aliphatic heterocycles. The number of benzene rings is 1. The lowest BCUT2D eigenvalue weighted by molar-refractivity contribution is 0.682. The Bertz CT molecular complexity index is 669. The maximum Gasteiger partial charge on any atom is 0.134 e. The zero-order valence-electron chi connectivity index (χ0n) is 10.9. The molecule has 0 bridgehead atoms. The third-order valence-electron chi connectivity index (χ3n) is 3.38. The fraction of sp³-hybridized carbons (Fsp3) is 0.250. The van der Waals surface area contributed by atoms with Crippen LogP contribution in [0.4, 0.5) is 0 Å². The molecule has 1 aliphatic carbocycles. The maximum absolute atomic E-state index is 9.40. The van der Waals surface area contributed by atoms with E-state index in [0.29, 0.717) is 5.57 Å². The number of rotatable bonds is 2. The Morgan fingerprint density at radius 1 is 1.25 bits per heavy atom. The van der Waals surface area contributed by atoms with E-state index in [9.17, 15) is 5.26 Å². The highest BCUT2D eigenvalue weighted by Gasteiger charge is 2.17. The van der Waals surface area contributed by atoms with Gasteiger partial charge in [0.1, 0.15) is 11.1 Å². The Hall–Kier alpha value is -1.44. The summed E-state index contributed by atoms with van der Waals surface area (Å²) in [5.74, 6) is 0. The SMILES string of the molecule is N#C/C(=C/c1ccc(Br)cc1)c1nc2c(s1)CCCC2. The summed E-state index contributed by atoms with van der Waals surface area (Å²) in [6, 6.07) is 10.2. The number of allylic oxidation sites excluding steroid dienone is 1. The van der Waals surface area contributed by atoms with Crippen molar-refractivity contribution in [3.05, 3.63) is 49.9 Å². The average molecular weight is 345 g/mol. The quantitative estimate of drug-likeness (QED) is 0.730. The molecule has 100 valence electrons. The summed E-state index contributed by atoms with van der Waals surface area (Å²) in [7, 11) is 0. The molecule has 3 rings (SSSR count). The van der Waals surface area contributed by atoms with Crippen LogP contribution in [0.15, 0.2) is 28.7 Å². The molecule has 0 radical (unpaired) electrons. The highest BCUT2D eigenvalue weighted by molar-refractivity contribution is 9.10. The molecular weight excluding hydrogens is 332 g/mol. The first-order chi connectivity index (χ1) is 9.76. The van der Waals surface area contributed by atoms with Crippen molar-refractivity contribution in [1.82, 2.24) is 4.98 Å². The largest absolute Gasteiger partial charge is 0.240 e. The van der Waals surface area contributed by atoms with Gasteiger partial charge in [0.2, 0.25) is 0 Å². The molecule has 1 aliphatic rings. The number of hydrogen-bond acceptors (Lipinski definition) is 3. The lowest BCUT2D eigenvalue weighted by atomic mass is 10.0. The Balaban J connectivity index is 1.95. The normalized spacial score (nSPS) is 14.7. The molecule has 0 spiro atoms. The van der Waals surface area contributed by atoms with Crippen molar-refractivity contribution in [3.8, 4) is 6.07 Å². The predicted octanol–water partition coefficient (Wildman–Crippen LogP) is 4.85. The maximum atomic E-state index is 9.40. The van der Waals surface area contributed by atoms with E-state index in [1.807, 2.05) is 30.3 Å². The second-order valence-electron chi connectivity index (χ2n) is 4.82. The zero-order chi connectivity index (χ0) is 13.9. The van der Waals surface area contributed by atoms with Crippen LogP contribution >= 0.6 is 27.3 Å². The predicted molar refractivity (Wildman–Crippen MR) is 86.4 cm³/mol. The molecule has 0 saturated heterocycles. The fourth-order valence-electron chi connectivity index (χ4n) is 2.33. The second kappa shape index (κ2) is 5.90. The van der Waals surface area contributed by atoms with Gasteiger partial charge >= 0.3 is 0 Å². The van der Waals surface area contributed by atoms with Crippen molar-refractivity contribution in [2.24, 2.45) is 0 Å². The first kappa shape index (κ1) is 13.5. The summed E-state index contributed by atoms with van der Waals surface area (Å²) < 4.78 is 1.04. The van der Waals surface area contributed by atoms with Gasteiger partial charge in [-0.05, 0) is 49.5 Å². The molecule has 1 aromatic carbocycles. The van der Waals surface area contributed by atoms with Crippen LogP contribution in [0.3, 0.4) is 0 Å². The molecule has 1 heterocycles. The van der Waals surface area contributed by atoms with Gasteiger partial charge in [-0.2, -0.15) is 5.26 Å². The lowest BCUT2D eigenvalue weighted by Gasteiger charge is -2.06. The Morgan fingerprint density at radius 2 is 2.00 bits per heavy atom. The minimum atomic E-state index is 0.659. The van der Waals surface area contributed by atoms with Crippen molar-refractivity contribution in [1.29, 1.82) is 5.26 Å². The smallest absolute Gasteiger partial charge is 0.134 e. The fourth-order valence-corrected chi connectivity index (χ4v) is 3.71. The summed E-state index contributed by atoms with van der Waals surface area (Å²) in [4.78, 5) is 6.02. The van der Waals surface area contributed by atoms with E-state index in [4.69, 9.17) is 0 Å². The molecular formula is C16H13BrN2S. The number of thiazole rings is 1. The van der Waals surface area contributed by atoms with Crippen LogP contribution in [-0.4, -0.2) is 4.98 Å². The third-order valence-corrected chi connectivity index (χ3v) is 5.10. The Labute approximate surface area is 130 Å². The molecule has 1 aromatic heterocycles. The van der Waals surface area contributed by atoms with Crippen LogP contribution in [0.2, 0.25) is 0 Å². The van der Waals surface area contributed by atoms with Gasteiger partial charge in [0, 0.05) is 9.35 Å². The molecule has 2 aromatic rings. The van der Waals surface area contributed by atoms with E-state index in [1.54, 1.807) is 11.3 Å². The summed E-state index contributed by atoms with van der Waals surface area (Å²) in [5, 5.41) is 10.3. The van der Waals surface area contributed by atoms with Crippen molar-refractivity contribution in [2.45, 2.75) is 25.7 Å². The zero-order valence-corrected chi connectivity index (χ0v) is 13.3. The van der Waals surface area contributed by atoms with Crippen LogP contribution in [0.1, 0.15) is 34.0 Å². The van der Waals surface area contributed by atoms with Crippen molar-refractivity contribution >= 4 is 38.9 Å². The lowest BCUT2D eigenvalue weighted by Crippen LogP contribution is -1.99. The number of halogens is 1. The number of aromatic nitrogens is 1. The number of hydrogen-bond donors (Lipinski definition) is 0. The molecule has 0 saturated carbocycles. The van der Waals surface area contributed by atoms with Crippen LogP contribution in [-0.2, 0) is 12.8 Å². The molecule has 0 amide bonds. The second-order valence-corrected chi connectivity index (χ2v) is 6.82. The number of nitrogens with zero attached hydrogens (tertiary/aromatic N) is 2. The first-order valence-electron chi connectivity index (χ1n) is 6.62. The molecule has 2 nitrogen and oxygen atoms in total. The standard InChI is InChI=1S/C16H13BrN2S/c17-13-7-5-11(6-8-13)9-12(10-18)16-19-14-3-1-2-4-15(14)20-16/h5-9H,1-4H2/b12-9-. The van der Waals surface area contributed by atoms with Gasteiger partial charge in [-0.15, -0.1) is 11.3 Å². The molecule has 0 fully saturated rings. The highest BCUT2D eigenvalue weighted by atomic mass is 79.9. The summed E-state index contributed by atoms with van der Waals surface area (Å²) in [6.45, 7) is 0. The Morgan fingerprint density at radius 3 is 2.70 bits per heavy atom. The third kappa shape index (κ3) is 2.84. The topological polar surface area (TPSA) is 36.7 Å². The van der Waals surface area contributed by atoms with E-state index in [-0.39, 0.29) is 0 Å². The van der Waals surface area contributed by atoms with Gasteiger partial charge in [-0.1, -0.05) is 28.1 Å². The van der Waals surface area contributed by atoms with Crippen LogP contribution < -0.4 is 0 Å². The number of nitriles is 1. The minimum absolute atomic E-state index is 0.659. The molecule has 0 unspecified atom stereocenters. The molecule has 0 atom stereocenters. The van der Waals surface area contributed by atoms with Gasteiger partial charge in [0.05, 0.1) is 11.3 Å². The van der Waals surface area contributed by atoms with Crippen molar-refractivity contribution in [3.63, 3.8) is 0 Å². The number of fused-ring (bicyclic) bond motifs is 1. The van der Waals surface area contributed by atoms with Gasteiger partial charge in [0.25, 0.3) is 0 Å². The summed E-state index contributed by atoms with van der Waals surface area (Å²) in [5.41, 5.74) is 2.89. The molecule has 4 heteroatoms. The van der Waals surface area contributed by atoms with Gasteiger partial charge in [-0.25, -0.2) is 4.98 Å². The molecule has 20 heavy (non-hydrogen) atoms. The van der Waals surface area contributed by atoms with Crippen molar-refractivity contribution in [2.75, 3.05) is 0 Å². The van der Waals surface area contributed by atoms with E-state index in [2.05, 4.69) is 27.0 Å². The van der Waals surface area contributed by atoms with E-state index in [1.165, 1.54) is 23.4 Å². The Kier molecular flexibility index (Phi) is 4.00.